The molecule has 2 aliphatic carbocycles. The summed E-state index contributed by atoms with van der Waals surface area (Å²) in [5.41, 5.74) is 7.39. The maximum Gasteiger partial charge on any atom is 0.354 e. The quantitative estimate of drug-likeness (QED) is 0.781. The van der Waals surface area contributed by atoms with Gasteiger partial charge in [0, 0.05) is 11.6 Å². The zero-order valence-electron chi connectivity index (χ0n) is 17.0. The lowest BCUT2D eigenvalue weighted by Crippen LogP contribution is -2.34. The van der Waals surface area contributed by atoms with E-state index in [1.54, 1.807) is 12.3 Å². The molecule has 1 saturated carbocycles. The van der Waals surface area contributed by atoms with Crippen molar-refractivity contribution in [1.29, 1.82) is 0 Å². The van der Waals surface area contributed by atoms with Gasteiger partial charge in [0.2, 0.25) is 0 Å². The number of carboxylic acid groups (broad SMARTS) is 1. The van der Waals surface area contributed by atoms with Gasteiger partial charge in [-0.1, -0.05) is 45.9 Å². The van der Waals surface area contributed by atoms with Gasteiger partial charge in [0.15, 0.2) is 0 Å². The van der Waals surface area contributed by atoms with Crippen molar-refractivity contribution in [3.05, 3.63) is 64.0 Å². The molecule has 0 radical (unpaired) electrons. The average Bonchev–Trinajstić information content (AvgIpc) is 3.40. The van der Waals surface area contributed by atoms with E-state index in [1.165, 1.54) is 35.1 Å². The third-order valence-corrected chi connectivity index (χ3v) is 7.00. The number of hydrogen-bond acceptors (Lipinski definition) is 2. The minimum atomic E-state index is -0.972. The first-order valence-electron chi connectivity index (χ1n) is 9.93. The van der Waals surface area contributed by atoms with Crippen molar-refractivity contribution in [3.8, 4) is 0 Å². The number of pyridine rings is 1. The van der Waals surface area contributed by atoms with Crippen LogP contribution in [0.5, 0.6) is 0 Å². The molecule has 0 atom stereocenters. The van der Waals surface area contributed by atoms with E-state index in [0.29, 0.717) is 0 Å². The molecule has 1 heterocycles. The average molecular weight is 364 g/mol. The van der Waals surface area contributed by atoms with E-state index >= 15 is 0 Å². The third-order valence-electron chi connectivity index (χ3n) is 7.00. The minimum absolute atomic E-state index is 0.000810. The van der Waals surface area contributed by atoms with Crippen molar-refractivity contribution in [2.45, 2.75) is 76.5 Å². The summed E-state index contributed by atoms with van der Waals surface area (Å²) in [5.74, 6) is -0.972. The van der Waals surface area contributed by atoms with E-state index in [0.717, 1.165) is 18.4 Å². The predicted octanol–water partition coefficient (Wildman–Crippen LogP) is 5.52. The zero-order chi connectivity index (χ0) is 19.6. The van der Waals surface area contributed by atoms with Crippen LogP contribution in [-0.2, 0) is 16.2 Å². The van der Waals surface area contributed by atoms with Crippen LogP contribution in [-0.4, -0.2) is 16.1 Å². The largest absolute Gasteiger partial charge is 0.477 e. The fraction of sp³-hybridized carbons (Fsp3) is 0.500. The number of aryl methyl sites for hydroxylation is 1. The summed E-state index contributed by atoms with van der Waals surface area (Å²) >= 11 is 0. The summed E-state index contributed by atoms with van der Waals surface area (Å²) < 4.78 is 0. The van der Waals surface area contributed by atoms with E-state index in [1.807, 2.05) is 6.07 Å². The lowest BCUT2D eigenvalue weighted by Gasteiger charge is -2.43. The van der Waals surface area contributed by atoms with Crippen LogP contribution in [0.1, 0.15) is 91.7 Å². The molecule has 27 heavy (non-hydrogen) atoms. The van der Waals surface area contributed by atoms with Gasteiger partial charge in [0.25, 0.3) is 0 Å². The molecule has 1 fully saturated rings. The molecule has 1 aromatic carbocycles. The van der Waals surface area contributed by atoms with E-state index in [2.05, 4.69) is 51.7 Å². The van der Waals surface area contributed by atoms with Gasteiger partial charge in [0.05, 0.1) is 0 Å². The molecule has 1 aromatic heterocycles. The van der Waals surface area contributed by atoms with Gasteiger partial charge in [-0.3, -0.25) is 0 Å². The van der Waals surface area contributed by atoms with Crippen molar-refractivity contribution in [2.24, 2.45) is 0 Å². The molecule has 0 unspecified atom stereocenters. The fourth-order valence-corrected chi connectivity index (χ4v) is 4.88. The highest BCUT2D eigenvalue weighted by Gasteiger charge is 2.48. The first-order valence-corrected chi connectivity index (χ1v) is 9.93. The Labute approximate surface area is 161 Å². The van der Waals surface area contributed by atoms with E-state index in [4.69, 9.17) is 5.11 Å². The Hall–Kier alpha value is -2.16. The van der Waals surface area contributed by atoms with Crippen LogP contribution in [0.15, 0.2) is 30.5 Å². The molecule has 3 heteroatoms. The minimum Gasteiger partial charge on any atom is -0.477 e. The van der Waals surface area contributed by atoms with Crippen LogP contribution in [0, 0.1) is 6.92 Å². The molecule has 142 valence electrons. The molecule has 0 bridgehead atoms. The Kier molecular flexibility index (Phi) is 3.82. The Morgan fingerprint density at radius 3 is 2.00 bits per heavy atom. The molecule has 2 aliphatic rings. The fourth-order valence-electron chi connectivity index (χ4n) is 4.88. The number of rotatable bonds is 3. The normalized spacial score (nSPS) is 21.4. The Balaban J connectivity index is 1.84. The summed E-state index contributed by atoms with van der Waals surface area (Å²) in [6.45, 7) is 11.7. The highest BCUT2D eigenvalue weighted by Crippen LogP contribution is 2.56. The van der Waals surface area contributed by atoms with E-state index < -0.39 is 5.97 Å². The predicted molar refractivity (Wildman–Crippen MR) is 108 cm³/mol. The van der Waals surface area contributed by atoms with Gasteiger partial charge >= 0.3 is 5.97 Å². The molecule has 0 aliphatic heterocycles. The van der Waals surface area contributed by atoms with Crippen molar-refractivity contribution < 1.29 is 9.90 Å². The van der Waals surface area contributed by atoms with Crippen molar-refractivity contribution in [2.75, 3.05) is 0 Å². The van der Waals surface area contributed by atoms with E-state index in [9.17, 15) is 4.79 Å². The number of aromatic nitrogens is 1. The van der Waals surface area contributed by atoms with Gasteiger partial charge in [-0.05, 0) is 77.3 Å². The number of fused-ring (bicyclic) bond motifs is 1. The van der Waals surface area contributed by atoms with Gasteiger partial charge in [-0.15, -0.1) is 0 Å². The van der Waals surface area contributed by atoms with Crippen LogP contribution in [0.2, 0.25) is 0 Å². The summed E-state index contributed by atoms with van der Waals surface area (Å²) in [6, 6.07) is 8.48. The van der Waals surface area contributed by atoms with Crippen molar-refractivity contribution in [1.82, 2.24) is 4.98 Å². The maximum absolute atomic E-state index is 11.1. The standard InChI is InChI=1S/C24H29NO2/c1-15-12-18-19(23(4,5)9-8-22(18,2)3)13-17(15)24(10-11-24)16-6-7-20(21(26)27)25-14-16/h6-7,12-14H,8-11H2,1-5H3,(H,26,27). The topological polar surface area (TPSA) is 50.2 Å². The van der Waals surface area contributed by atoms with Crippen molar-refractivity contribution in [3.63, 3.8) is 0 Å². The molecular weight excluding hydrogens is 334 g/mol. The third kappa shape index (κ3) is 2.79. The molecule has 3 nitrogen and oxygen atoms in total. The number of aromatic carboxylic acids is 1. The molecular formula is C24H29NO2. The highest BCUT2D eigenvalue weighted by molar-refractivity contribution is 5.85. The van der Waals surface area contributed by atoms with E-state index in [-0.39, 0.29) is 21.9 Å². The van der Waals surface area contributed by atoms with Crippen LogP contribution >= 0.6 is 0 Å². The smallest absolute Gasteiger partial charge is 0.354 e. The second-order valence-electron chi connectivity index (χ2n) is 9.80. The zero-order valence-corrected chi connectivity index (χ0v) is 17.0. The van der Waals surface area contributed by atoms with Gasteiger partial charge in [-0.2, -0.15) is 0 Å². The Morgan fingerprint density at radius 1 is 0.926 bits per heavy atom. The first kappa shape index (κ1) is 18.2. The second kappa shape index (κ2) is 5.67. The Bertz CT molecular complexity index is 918. The summed E-state index contributed by atoms with van der Waals surface area (Å²) in [6.07, 6.45) is 6.40. The summed E-state index contributed by atoms with van der Waals surface area (Å²) in [5, 5.41) is 9.13. The SMILES string of the molecule is Cc1cc2c(cc1C1(c3ccc(C(=O)O)nc3)CC1)C(C)(C)CCC2(C)C. The van der Waals surface area contributed by atoms with Crippen molar-refractivity contribution >= 4 is 5.97 Å². The highest BCUT2D eigenvalue weighted by atomic mass is 16.4. The van der Waals surface area contributed by atoms with Gasteiger partial charge in [-0.25, -0.2) is 9.78 Å². The summed E-state index contributed by atoms with van der Waals surface area (Å²) in [4.78, 5) is 15.3. The number of hydrogen-bond donors (Lipinski definition) is 1. The monoisotopic (exact) mass is 363 g/mol. The van der Waals surface area contributed by atoms with Crippen LogP contribution < -0.4 is 0 Å². The van der Waals surface area contributed by atoms with Gasteiger partial charge < -0.3 is 5.11 Å². The summed E-state index contributed by atoms with van der Waals surface area (Å²) in [7, 11) is 0. The maximum atomic E-state index is 11.1. The van der Waals surface area contributed by atoms with Crippen LogP contribution in [0.25, 0.3) is 0 Å². The second-order valence-corrected chi connectivity index (χ2v) is 9.80. The Morgan fingerprint density at radius 2 is 1.52 bits per heavy atom. The number of benzene rings is 1. The number of nitrogens with zero attached hydrogens (tertiary/aromatic N) is 1. The molecule has 0 spiro atoms. The van der Waals surface area contributed by atoms with Crippen LogP contribution in [0.4, 0.5) is 0 Å². The number of carbonyl (C=O) groups is 1. The van der Waals surface area contributed by atoms with Gasteiger partial charge in [0.1, 0.15) is 5.69 Å². The molecule has 0 saturated heterocycles. The number of carboxylic acids is 1. The molecule has 0 amide bonds. The first-order chi connectivity index (χ1) is 12.6. The lowest BCUT2D eigenvalue weighted by molar-refractivity contribution is 0.0690. The lowest BCUT2D eigenvalue weighted by atomic mass is 9.62. The molecule has 1 N–H and O–H groups in total. The van der Waals surface area contributed by atoms with Crippen LogP contribution in [0.3, 0.4) is 0 Å². The molecule has 2 aromatic rings. The molecule has 4 rings (SSSR count).